The number of benzene rings is 1. The highest BCUT2D eigenvalue weighted by Gasteiger charge is 2.00. The fourth-order valence-electron chi connectivity index (χ4n) is 1.55. The fourth-order valence-corrected chi connectivity index (χ4v) is 1.55. The van der Waals surface area contributed by atoms with Crippen LogP contribution in [0.5, 0.6) is 0 Å². The Morgan fingerprint density at radius 2 is 2.06 bits per heavy atom. The number of unbranched alkanes of at least 4 members (excludes halogenated alkanes) is 1. The zero-order valence-electron chi connectivity index (χ0n) is 10.7. The van der Waals surface area contributed by atoms with Crippen LogP contribution in [0, 0.1) is 11.3 Å². The molecule has 96 valence electrons. The van der Waals surface area contributed by atoms with Crippen LogP contribution in [0.3, 0.4) is 0 Å². The lowest BCUT2D eigenvalue weighted by Crippen LogP contribution is -2.29. The van der Waals surface area contributed by atoms with E-state index >= 15 is 0 Å². The minimum atomic E-state index is -0.174. The van der Waals surface area contributed by atoms with Crippen LogP contribution < -0.4 is 10.6 Å². The van der Waals surface area contributed by atoms with E-state index in [1.807, 2.05) is 18.2 Å². The summed E-state index contributed by atoms with van der Waals surface area (Å²) in [4.78, 5) is 11.3. The highest BCUT2D eigenvalue weighted by molar-refractivity contribution is 5.80. The summed E-state index contributed by atoms with van der Waals surface area (Å²) < 4.78 is 0. The van der Waals surface area contributed by atoms with Crippen LogP contribution in [0.25, 0.3) is 0 Å². The zero-order chi connectivity index (χ0) is 13.2. The highest BCUT2D eigenvalue weighted by Crippen LogP contribution is 2.11. The van der Waals surface area contributed by atoms with E-state index in [9.17, 15) is 4.79 Å². The summed E-state index contributed by atoms with van der Waals surface area (Å²) in [6.45, 7) is 2.42. The van der Waals surface area contributed by atoms with E-state index in [4.69, 9.17) is 5.26 Å². The van der Waals surface area contributed by atoms with Gasteiger partial charge in [0.15, 0.2) is 0 Å². The van der Waals surface area contributed by atoms with Crippen molar-refractivity contribution in [2.75, 3.05) is 18.4 Å². The molecule has 4 nitrogen and oxygen atoms in total. The smallest absolute Gasteiger partial charge is 0.240 e. The largest absolute Gasteiger partial charge is 0.376 e. The molecule has 2 N–H and O–H groups in total. The lowest BCUT2D eigenvalue weighted by Gasteiger charge is -2.07. The predicted molar refractivity (Wildman–Crippen MR) is 72.2 cm³/mol. The van der Waals surface area contributed by atoms with Crippen LogP contribution in [0.15, 0.2) is 24.3 Å². The monoisotopic (exact) mass is 245 g/mol. The average Bonchev–Trinajstić information content (AvgIpc) is 2.41. The summed E-state index contributed by atoms with van der Waals surface area (Å²) in [7, 11) is 0. The molecule has 18 heavy (non-hydrogen) atoms. The van der Waals surface area contributed by atoms with Gasteiger partial charge < -0.3 is 10.6 Å². The van der Waals surface area contributed by atoms with Gasteiger partial charge in [0.1, 0.15) is 6.54 Å². The number of nitriles is 1. The molecule has 0 radical (unpaired) electrons. The Bertz CT molecular complexity index is 406. The molecule has 4 heteroatoms. The Morgan fingerprint density at radius 3 is 2.67 bits per heavy atom. The van der Waals surface area contributed by atoms with Crippen LogP contribution >= 0.6 is 0 Å². The normalized spacial score (nSPS) is 9.56. The van der Waals surface area contributed by atoms with Gasteiger partial charge in [0.2, 0.25) is 5.91 Å². The van der Waals surface area contributed by atoms with Crippen molar-refractivity contribution in [2.24, 2.45) is 0 Å². The number of nitrogens with one attached hydrogen (secondary N) is 2. The molecule has 0 saturated carbocycles. The first kappa shape index (κ1) is 14.0. The van der Waals surface area contributed by atoms with Gasteiger partial charge in [0, 0.05) is 5.69 Å². The van der Waals surface area contributed by atoms with Crippen molar-refractivity contribution in [3.8, 4) is 6.07 Å². The second-order valence-corrected chi connectivity index (χ2v) is 4.09. The Kier molecular flexibility index (Phi) is 6.34. The summed E-state index contributed by atoms with van der Waals surface area (Å²) in [5.74, 6) is -0.174. The third-order valence-corrected chi connectivity index (χ3v) is 2.59. The Balaban J connectivity index is 2.35. The van der Waals surface area contributed by atoms with Gasteiger partial charge in [-0.15, -0.1) is 0 Å². The lowest BCUT2D eigenvalue weighted by atomic mass is 10.1. The molecule has 0 aliphatic heterocycles. The molecular weight excluding hydrogens is 226 g/mol. The minimum absolute atomic E-state index is 0.0521. The maximum atomic E-state index is 11.3. The van der Waals surface area contributed by atoms with Crippen LogP contribution in [0.1, 0.15) is 25.3 Å². The first-order valence-corrected chi connectivity index (χ1v) is 6.22. The van der Waals surface area contributed by atoms with E-state index in [-0.39, 0.29) is 19.0 Å². The van der Waals surface area contributed by atoms with Crippen molar-refractivity contribution in [3.05, 3.63) is 29.8 Å². The molecule has 1 aromatic rings. The number of anilines is 1. The van der Waals surface area contributed by atoms with Gasteiger partial charge in [0.25, 0.3) is 0 Å². The summed E-state index contributed by atoms with van der Waals surface area (Å²) >= 11 is 0. The van der Waals surface area contributed by atoms with E-state index in [1.54, 1.807) is 0 Å². The van der Waals surface area contributed by atoms with E-state index in [1.165, 1.54) is 18.4 Å². The number of rotatable bonds is 7. The van der Waals surface area contributed by atoms with E-state index in [0.717, 1.165) is 12.1 Å². The Hall–Kier alpha value is -2.02. The molecule has 0 atom stereocenters. The number of hydrogen-bond acceptors (Lipinski definition) is 3. The Morgan fingerprint density at radius 1 is 1.33 bits per heavy atom. The molecular formula is C14H19N3O. The molecule has 1 rings (SSSR count). The molecule has 0 aromatic heterocycles. The van der Waals surface area contributed by atoms with Crippen molar-refractivity contribution < 1.29 is 4.79 Å². The van der Waals surface area contributed by atoms with Gasteiger partial charge in [-0.2, -0.15) is 5.26 Å². The van der Waals surface area contributed by atoms with E-state index in [2.05, 4.69) is 29.7 Å². The Labute approximate surface area is 108 Å². The van der Waals surface area contributed by atoms with Gasteiger partial charge in [-0.05, 0) is 30.5 Å². The van der Waals surface area contributed by atoms with Crippen molar-refractivity contribution in [3.63, 3.8) is 0 Å². The van der Waals surface area contributed by atoms with Gasteiger partial charge in [-0.1, -0.05) is 25.5 Å². The van der Waals surface area contributed by atoms with Crippen molar-refractivity contribution in [1.82, 2.24) is 5.32 Å². The average molecular weight is 245 g/mol. The SMILES string of the molecule is CCCCc1ccc(NCC(=O)NCC#N)cc1. The van der Waals surface area contributed by atoms with Gasteiger partial charge in [0.05, 0.1) is 12.6 Å². The second kappa shape index (κ2) is 8.13. The molecule has 0 aliphatic carbocycles. The third kappa shape index (κ3) is 5.35. The predicted octanol–water partition coefficient (Wildman–Crippen LogP) is 2.08. The summed E-state index contributed by atoms with van der Waals surface area (Å²) in [6, 6.07) is 9.96. The minimum Gasteiger partial charge on any atom is -0.376 e. The molecule has 0 saturated heterocycles. The molecule has 0 aliphatic rings. The fraction of sp³-hybridized carbons (Fsp3) is 0.429. The first-order valence-electron chi connectivity index (χ1n) is 6.22. The lowest BCUT2D eigenvalue weighted by molar-refractivity contribution is -0.119. The first-order chi connectivity index (χ1) is 8.76. The quantitative estimate of drug-likeness (QED) is 0.723. The number of carbonyl (C=O) groups excluding carboxylic acids is 1. The van der Waals surface area contributed by atoms with Crippen LogP contribution in [-0.2, 0) is 11.2 Å². The number of aryl methyl sites for hydroxylation is 1. The molecule has 0 unspecified atom stereocenters. The summed E-state index contributed by atoms with van der Waals surface area (Å²) in [5, 5.41) is 13.8. The molecule has 0 heterocycles. The number of amides is 1. The van der Waals surface area contributed by atoms with E-state index in [0.29, 0.717) is 0 Å². The number of nitrogens with zero attached hydrogens (tertiary/aromatic N) is 1. The standard InChI is InChI=1S/C14H19N3O/c1-2-3-4-12-5-7-13(8-6-12)17-11-14(18)16-10-9-15/h5-8,17H,2-4,10-11H2,1H3,(H,16,18). The molecule has 0 bridgehead atoms. The highest BCUT2D eigenvalue weighted by atomic mass is 16.1. The van der Waals surface area contributed by atoms with Crippen LogP contribution in [-0.4, -0.2) is 19.0 Å². The third-order valence-electron chi connectivity index (χ3n) is 2.59. The van der Waals surface area contributed by atoms with Crippen LogP contribution in [0.2, 0.25) is 0 Å². The maximum absolute atomic E-state index is 11.3. The van der Waals surface area contributed by atoms with Crippen LogP contribution in [0.4, 0.5) is 5.69 Å². The number of carbonyl (C=O) groups is 1. The summed E-state index contributed by atoms with van der Waals surface area (Å²) in [5.41, 5.74) is 2.23. The molecule has 0 fully saturated rings. The van der Waals surface area contributed by atoms with Gasteiger partial charge >= 0.3 is 0 Å². The molecule has 0 spiro atoms. The maximum Gasteiger partial charge on any atom is 0.240 e. The summed E-state index contributed by atoms with van der Waals surface area (Å²) in [6.07, 6.45) is 3.49. The van der Waals surface area contributed by atoms with Crippen molar-refractivity contribution in [1.29, 1.82) is 5.26 Å². The van der Waals surface area contributed by atoms with E-state index < -0.39 is 0 Å². The van der Waals surface area contributed by atoms with Crippen molar-refractivity contribution >= 4 is 11.6 Å². The van der Waals surface area contributed by atoms with Crippen molar-refractivity contribution in [2.45, 2.75) is 26.2 Å². The molecule has 1 aromatic carbocycles. The second-order valence-electron chi connectivity index (χ2n) is 4.09. The van der Waals surface area contributed by atoms with Gasteiger partial charge in [-0.25, -0.2) is 0 Å². The zero-order valence-corrected chi connectivity index (χ0v) is 10.7. The molecule has 1 amide bonds. The topological polar surface area (TPSA) is 64.9 Å². The van der Waals surface area contributed by atoms with Gasteiger partial charge in [-0.3, -0.25) is 4.79 Å². The number of hydrogen-bond donors (Lipinski definition) is 2.